The highest BCUT2D eigenvalue weighted by molar-refractivity contribution is 6.09. The van der Waals surface area contributed by atoms with Crippen LogP contribution in [0.25, 0.3) is 72.0 Å². The molecule has 1 aliphatic carbocycles. The van der Waals surface area contributed by atoms with Crippen LogP contribution >= 0.6 is 0 Å². The predicted octanol–water partition coefficient (Wildman–Crippen LogP) is 15.7. The number of allylic oxidation sites excluding steroid dienone is 4. The molecule has 0 N–H and O–H groups in total. The number of fused-ring (bicyclic) bond motifs is 3. The first kappa shape index (κ1) is 34.3. The van der Waals surface area contributed by atoms with Crippen LogP contribution in [0, 0.1) is 5.92 Å². The van der Waals surface area contributed by atoms with Crippen molar-refractivity contribution in [3.8, 4) is 44.5 Å². The minimum Gasteiger partial charge on any atom is -0.455 e. The van der Waals surface area contributed by atoms with Crippen molar-refractivity contribution in [3.05, 3.63) is 218 Å². The molecule has 1 aromatic heterocycles. The van der Waals surface area contributed by atoms with Crippen LogP contribution in [0.5, 0.6) is 0 Å². The third-order valence-electron chi connectivity index (χ3n) is 11.2. The molecule has 1 heterocycles. The van der Waals surface area contributed by atoms with E-state index in [0.29, 0.717) is 5.92 Å². The second-order valence-corrected chi connectivity index (χ2v) is 15.0. The first-order valence-corrected chi connectivity index (χ1v) is 19.8. The molecule has 0 saturated carbocycles. The summed E-state index contributed by atoms with van der Waals surface area (Å²) in [5.74, 6) is 0.542. The van der Waals surface area contributed by atoms with Crippen LogP contribution in [0.15, 0.2) is 217 Å². The molecule has 0 radical (unpaired) electrons. The van der Waals surface area contributed by atoms with E-state index in [-0.39, 0.29) is 0 Å². The van der Waals surface area contributed by atoms with E-state index in [2.05, 4.69) is 212 Å². The Bertz CT molecular complexity index is 2840. The molecule has 272 valence electrons. The van der Waals surface area contributed by atoms with Crippen LogP contribution in [0.4, 0.5) is 17.1 Å². The van der Waals surface area contributed by atoms with Gasteiger partial charge >= 0.3 is 0 Å². The summed E-state index contributed by atoms with van der Waals surface area (Å²) in [5.41, 5.74) is 17.1. The molecule has 57 heavy (non-hydrogen) atoms. The summed E-state index contributed by atoms with van der Waals surface area (Å²) in [5, 5.41) is 2.28. The van der Waals surface area contributed by atoms with Crippen LogP contribution in [-0.4, -0.2) is 0 Å². The van der Waals surface area contributed by atoms with Gasteiger partial charge < -0.3 is 9.32 Å². The molecule has 0 amide bonds. The van der Waals surface area contributed by atoms with Crippen molar-refractivity contribution >= 4 is 44.6 Å². The van der Waals surface area contributed by atoms with Gasteiger partial charge in [-0.2, -0.15) is 0 Å². The van der Waals surface area contributed by atoms with Crippen molar-refractivity contribution in [3.63, 3.8) is 0 Å². The van der Waals surface area contributed by atoms with Gasteiger partial charge in [-0.15, -0.1) is 0 Å². The predicted molar refractivity (Wildman–Crippen MR) is 241 cm³/mol. The Labute approximate surface area is 334 Å². The molecule has 0 aliphatic heterocycles. The second-order valence-electron chi connectivity index (χ2n) is 15.0. The Balaban J connectivity index is 1.04. The summed E-state index contributed by atoms with van der Waals surface area (Å²) in [6.07, 6.45) is 7.78. The van der Waals surface area contributed by atoms with Crippen molar-refractivity contribution < 1.29 is 4.42 Å². The maximum Gasteiger partial charge on any atom is 0.143 e. The van der Waals surface area contributed by atoms with Gasteiger partial charge in [0.15, 0.2) is 0 Å². The maximum atomic E-state index is 6.42. The summed E-state index contributed by atoms with van der Waals surface area (Å²) in [6, 6.07) is 69.9. The SMILES string of the molecule is CC1C=CC=C(c2ccc(N(c3ccc(-c4cc(-c5ccccc5)cc(-c5ccccc5)c4)cc3)c3ccc(-c4cccc5c4oc4ccccc45)cc3)cc2)C1. The second kappa shape index (κ2) is 14.8. The van der Waals surface area contributed by atoms with Crippen molar-refractivity contribution in [1.82, 2.24) is 0 Å². The molecular weight excluding hydrogens is 691 g/mol. The third-order valence-corrected chi connectivity index (χ3v) is 11.2. The maximum absolute atomic E-state index is 6.42. The average molecular weight is 732 g/mol. The van der Waals surface area contributed by atoms with Crippen LogP contribution < -0.4 is 4.90 Å². The number of hydrogen-bond donors (Lipinski definition) is 0. The number of nitrogens with zero attached hydrogens (tertiary/aromatic N) is 1. The van der Waals surface area contributed by atoms with Gasteiger partial charge in [0, 0.05) is 33.4 Å². The Hall–Kier alpha value is -7.16. The van der Waals surface area contributed by atoms with Crippen molar-refractivity contribution in [2.75, 3.05) is 4.90 Å². The van der Waals surface area contributed by atoms with Gasteiger partial charge in [-0.25, -0.2) is 0 Å². The highest BCUT2D eigenvalue weighted by Gasteiger charge is 2.17. The lowest BCUT2D eigenvalue weighted by atomic mass is 9.91. The lowest BCUT2D eigenvalue weighted by Gasteiger charge is -2.26. The van der Waals surface area contributed by atoms with E-state index >= 15 is 0 Å². The number of furan rings is 1. The van der Waals surface area contributed by atoms with Gasteiger partial charge in [0.1, 0.15) is 11.2 Å². The average Bonchev–Trinajstić information content (AvgIpc) is 3.67. The Morgan fingerprint density at radius 3 is 1.51 bits per heavy atom. The molecule has 2 nitrogen and oxygen atoms in total. The zero-order valence-corrected chi connectivity index (χ0v) is 31.8. The highest BCUT2D eigenvalue weighted by atomic mass is 16.3. The fourth-order valence-electron chi connectivity index (χ4n) is 8.29. The van der Waals surface area contributed by atoms with Crippen LogP contribution in [0.2, 0.25) is 0 Å². The van der Waals surface area contributed by atoms with Crippen molar-refractivity contribution in [1.29, 1.82) is 0 Å². The quantitative estimate of drug-likeness (QED) is 0.155. The number of hydrogen-bond acceptors (Lipinski definition) is 2. The lowest BCUT2D eigenvalue weighted by molar-refractivity contribution is 0.670. The zero-order valence-electron chi connectivity index (χ0n) is 31.8. The molecule has 1 aliphatic rings. The van der Waals surface area contributed by atoms with Gasteiger partial charge in [-0.1, -0.05) is 159 Å². The summed E-state index contributed by atoms with van der Waals surface area (Å²) in [6.45, 7) is 2.28. The number of benzene rings is 8. The summed E-state index contributed by atoms with van der Waals surface area (Å²) in [4.78, 5) is 2.35. The summed E-state index contributed by atoms with van der Waals surface area (Å²) < 4.78 is 6.42. The topological polar surface area (TPSA) is 16.4 Å². The van der Waals surface area contributed by atoms with E-state index in [1.54, 1.807) is 0 Å². The van der Waals surface area contributed by atoms with Gasteiger partial charge in [0.2, 0.25) is 0 Å². The minimum atomic E-state index is 0.542. The highest BCUT2D eigenvalue weighted by Crippen LogP contribution is 2.41. The number of para-hydroxylation sites is 2. The van der Waals surface area contributed by atoms with Crippen molar-refractivity contribution in [2.45, 2.75) is 13.3 Å². The van der Waals surface area contributed by atoms with E-state index in [1.807, 2.05) is 12.1 Å². The van der Waals surface area contributed by atoms with Crippen molar-refractivity contribution in [2.24, 2.45) is 5.92 Å². The molecule has 0 spiro atoms. The van der Waals surface area contributed by atoms with Gasteiger partial charge in [-0.05, 0) is 123 Å². The van der Waals surface area contributed by atoms with Gasteiger partial charge in [0.25, 0.3) is 0 Å². The fraction of sp³-hybridized carbons (Fsp3) is 0.0545. The molecule has 9 aromatic rings. The normalized spacial score (nSPS) is 13.8. The van der Waals surface area contributed by atoms with Gasteiger partial charge in [0.05, 0.1) is 0 Å². The first-order valence-electron chi connectivity index (χ1n) is 19.8. The Kier molecular flexibility index (Phi) is 8.93. The van der Waals surface area contributed by atoms with E-state index in [4.69, 9.17) is 4.42 Å². The van der Waals surface area contributed by atoms with Crippen LogP contribution in [-0.2, 0) is 0 Å². The van der Waals surface area contributed by atoms with E-state index in [1.165, 1.54) is 44.5 Å². The molecule has 10 rings (SSSR count). The standard InChI is InChI=1S/C55H41NO/c1-38-12-10-17-44(34-38)41-22-28-48(29-23-41)56(50-32-26-43(27-33-50)51-19-11-20-53-52-18-8-9-21-54(52)57-55(51)53)49-30-24-42(25-31-49)47-36-45(39-13-4-2-5-14-39)35-46(37-47)40-15-6-3-7-16-40/h2-33,35-38H,34H2,1H3. The molecule has 8 aromatic carbocycles. The fourth-order valence-corrected chi connectivity index (χ4v) is 8.29. The molecular formula is C55H41NO. The van der Waals surface area contributed by atoms with E-state index < -0.39 is 0 Å². The molecule has 1 atom stereocenters. The monoisotopic (exact) mass is 731 g/mol. The van der Waals surface area contributed by atoms with Crippen LogP contribution in [0.1, 0.15) is 18.9 Å². The van der Waals surface area contributed by atoms with E-state index in [9.17, 15) is 0 Å². The van der Waals surface area contributed by atoms with Crippen LogP contribution in [0.3, 0.4) is 0 Å². The molecule has 0 fully saturated rings. The largest absolute Gasteiger partial charge is 0.455 e. The smallest absolute Gasteiger partial charge is 0.143 e. The Morgan fingerprint density at radius 2 is 0.930 bits per heavy atom. The minimum absolute atomic E-state index is 0.542. The van der Waals surface area contributed by atoms with E-state index in [0.717, 1.165) is 56.5 Å². The lowest BCUT2D eigenvalue weighted by Crippen LogP contribution is -2.10. The van der Waals surface area contributed by atoms with Gasteiger partial charge in [-0.3, -0.25) is 0 Å². The summed E-state index contributed by atoms with van der Waals surface area (Å²) in [7, 11) is 0. The molecule has 0 saturated heterocycles. The number of anilines is 3. The zero-order chi connectivity index (χ0) is 38.1. The number of rotatable bonds is 8. The summed E-state index contributed by atoms with van der Waals surface area (Å²) >= 11 is 0. The molecule has 0 bridgehead atoms. The Morgan fingerprint density at radius 1 is 0.439 bits per heavy atom. The third kappa shape index (κ3) is 6.77. The first-order chi connectivity index (χ1) is 28.1. The molecule has 1 unspecified atom stereocenters. The molecule has 2 heteroatoms.